The SMILES string of the molecule is NCCCCN1CC[C@@H](F)C1. The second-order valence-electron chi connectivity index (χ2n) is 3.18. The van der Waals surface area contributed by atoms with Crippen LogP contribution < -0.4 is 5.73 Å². The topological polar surface area (TPSA) is 29.3 Å². The number of hydrogen-bond donors (Lipinski definition) is 1. The number of likely N-dealkylation sites (tertiary alicyclic amines) is 1. The van der Waals surface area contributed by atoms with Crippen molar-refractivity contribution >= 4 is 0 Å². The highest BCUT2D eigenvalue weighted by molar-refractivity contribution is 4.74. The van der Waals surface area contributed by atoms with Gasteiger partial charge in [-0.3, -0.25) is 0 Å². The quantitative estimate of drug-likeness (QED) is 0.615. The van der Waals surface area contributed by atoms with Gasteiger partial charge in [0.1, 0.15) is 6.17 Å². The molecule has 0 unspecified atom stereocenters. The number of nitrogens with two attached hydrogens (primary N) is 1. The van der Waals surface area contributed by atoms with Gasteiger partial charge in [-0.15, -0.1) is 0 Å². The van der Waals surface area contributed by atoms with Crippen molar-refractivity contribution in [2.24, 2.45) is 5.73 Å². The van der Waals surface area contributed by atoms with Gasteiger partial charge in [-0.05, 0) is 32.4 Å². The van der Waals surface area contributed by atoms with E-state index in [-0.39, 0.29) is 0 Å². The fourth-order valence-corrected chi connectivity index (χ4v) is 1.47. The second-order valence-corrected chi connectivity index (χ2v) is 3.18. The summed E-state index contributed by atoms with van der Waals surface area (Å²) in [5.41, 5.74) is 5.35. The van der Waals surface area contributed by atoms with E-state index in [2.05, 4.69) is 4.90 Å². The van der Waals surface area contributed by atoms with E-state index in [0.717, 1.165) is 38.9 Å². The van der Waals surface area contributed by atoms with Crippen LogP contribution in [0.5, 0.6) is 0 Å². The standard InChI is InChI=1S/C8H17FN2/c9-8-3-6-11(7-8)5-2-1-4-10/h8H,1-7,10H2/t8-/m1/s1. The molecule has 0 spiro atoms. The van der Waals surface area contributed by atoms with E-state index < -0.39 is 6.17 Å². The Bertz CT molecular complexity index is 108. The Hall–Kier alpha value is -0.150. The van der Waals surface area contributed by atoms with Crippen molar-refractivity contribution in [1.29, 1.82) is 0 Å². The normalized spacial score (nSPS) is 26.2. The molecule has 0 amide bonds. The Morgan fingerprint density at radius 1 is 1.45 bits per heavy atom. The summed E-state index contributed by atoms with van der Waals surface area (Å²) in [4.78, 5) is 2.18. The maximum absolute atomic E-state index is 12.6. The molecular weight excluding hydrogens is 143 g/mol. The number of rotatable bonds is 4. The minimum Gasteiger partial charge on any atom is -0.330 e. The van der Waals surface area contributed by atoms with Crippen LogP contribution in [-0.2, 0) is 0 Å². The van der Waals surface area contributed by atoms with Crippen LogP contribution in [0, 0.1) is 0 Å². The summed E-state index contributed by atoms with van der Waals surface area (Å²) in [5, 5.41) is 0. The zero-order valence-corrected chi connectivity index (χ0v) is 6.93. The first-order valence-electron chi connectivity index (χ1n) is 4.39. The molecule has 2 nitrogen and oxygen atoms in total. The molecule has 3 heteroatoms. The van der Waals surface area contributed by atoms with E-state index in [0.29, 0.717) is 6.54 Å². The van der Waals surface area contributed by atoms with Crippen molar-refractivity contribution in [2.75, 3.05) is 26.2 Å². The molecule has 0 aromatic rings. The lowest BCUT2D eigenvalue weighted by molar-refractivity contribution is 0.284. The highest BCUT2D eigenvalue weighted by Crippen LogP contribution is 2.12. The summed E-state index contributed by atoms with van der Waals surface area (Å²) in [5.74, 6) is 0. The van der Waals surface area contributed by atoms with Gasteiger partial charge in [-0.2, -0.15) is 0 Å². The fourth-order valence-electron chi connectivity index (χ4n) is 1.47. The van der Waals surface area contributed by atoms with Gasteiger partial charge in [-0.1, -0.05) is 0 Å². The zero-order chi connectivity index (χ0) is 8.10. The van der Waals surface area contributed by atoms with Gasteiger partial charge in [0.2, 0.25) is 0 Å². The summed E-state index contributed by atoms with van der Waals surface area (Å²) in [6.07, 6.45) is 2.33. The van der Waals surface area contributed by atoms with Crippen molar-refractivity contribution in [2.45, 2.75) is 25.4 Å². The first kappa shape index (κ1) is 8.94. The molecule has 11 heavy (non-hydrogen) atoms. The van der Waals surface area contributed by atoms with E-state index in [4.69, 9.17) is 5.73 Å². The molecule has 2 N–H and O–H groups in total. The van der Waals surface area contributed by atoms with Crippen molar-refractivity contribution in [3.8, 4) is 0 Å². The first-order valence-corrected chi connectivity index (χ1v) is 4.39. The van der Waals surface area contributed by atoms with Crippen LogP contribution in [0.3, 0.4) is 0 Å². The Balaban J connectivity index is 1.99. The lowest BCUT2D eigenvalue weighted by atomic mass is 10.3. The lowest BCUT2D eigenvalue weighted by Crippen LogP contribution is -2.22. The molecule has 1 saturated heterocycles. The van der Waals surface area contributed by atoms with Crippen molar-refractivity contribution in [3.05, 3.63) is 0 Å². The highest BCUT2D eigenvalue weighted by Gasteiger charge is 2.20. The van der Waals surface area contributed by atoms with Gasteiger partial charge < -0.3 is 10.6 Å². The van der Waals surface area contributed by atoms with Gasteiger partial charge in [0.05, 0.1) is 0 Å². The predicted molar refractivity (Wildman–Crippen MR) is 44.2 cm³/mol. The molecule has 0 aromatic carbocycles. The van der Waals surface area contributed by atoms with Gasteiger partial charge in [0, 0.05) is 13.1 Å². The van der Waals surface area contributed by atoms with Crippen molar-refractivity contribution < 1.29 is 4.39 Å². The highest BCUT2D eigenvalue weighted by atomic mass is 19.1. The summed E-state index contributed by atoms with van der Waals surface area (Å²) >= 11 is 0. The minimum absolute atomic E-state index is 0.576. The van der Waals surface area contributed by atoms with E-state index >= 15 is 0 Å². The lowest BCUT2D eigenvalue weighted by Gasteiger charge is -2.13. The van der Waals surface area contributed by atoms with Gasteiger partial charge in [0.15, 0.2) is 0 Å². The van der Waals surface area contributed by atoms with Crippen LogP contribution >= 0.6 is 0 Å². The molecular formula is C8H17FN2. The molecule has 1 aliphatic rings. The van der Waals surface area contributed by atoms with Gasteiger partial charge >= 0.3 is 0 Å². The Labute approximate surface area is 67.6 Å². The number of halogens is 1. The first-order chi connectivity index (χ1) is 5.33. The third-order valence-electron chi connectivity index (χ3n) is 2.14. The van der Waals surface area contributed by atoms with Crippen LogP contribution in [0.1, 0.15) is 19.3 Å². The molecule has 1 atom stereocenters. The molecule has 1 fully saturated rings. The molecule has 1 rings (SSSR count). The average molecular weight is 160 g/mol. The molecule has 0 bridgehead atoms. The summed E-state index contributed by atoms with van der Waals surface area (Å²) in [7, 11) is 0. The fraction of sp³-hybridized carbons (Fsp3) is 1.00. The molecule has 66 valence electrons. The monoisotopic (exact) mass is 160 g/mol. The zero-order valence-electron chi connectivity index (χ0n) is 6.93. The predicted octanol–water partition coefficient (Wildman–Crippen LogP) is 0.769. The number of unbranched alkanes of at least 4 members (excludes halogenated alkanes) is 1. The Morgan fingerprint density at radius 3 is 2.82 bits per heavy atom. The molecule has 0 aliphatic carbocycles. The largest absolute Gasteiger partial charge is 0.330 e. The number of hydrogen-bond acceptors (Lipinski definition) is 2. The van der Waals surface area contributed by atoms with Crippen LogP contribution in [0.2, 0.25) is 0 Å². The number of nitrogens with zero attached hydrogens (tertiary/aromatic N) is 1. The molecule has 1 aliphatic heterocycles. The van der Waals surface area contributed by atoms with Crippen LogP contribution in [0.15, 0.2) is 0 Å². The Morgan fingerprint density at radius 2 is 2.27 bits per heavy atom. The molecule has 0 saturated carbocycles. The maximum atomic E-state index is 12.6. The van der Waals surface area contributed by atoms with E-state index in [9.17, 15) is 4.39 Å². The summed E-state index contributed by atoms with van der Waals surface area (Å²) < 4.78 is 12.6. The number of alkyl halides is 1. The van der Waals surface area contributed by atoms with Crippen molar-refractivity contribution in [1.82, 2.24) is 4.90 Å². The third-order valence-corrected chi connectivity index (χ3v) is 2.14. The van der Waals surface area contributed by atoms with Gasteiger partial charge in [-0.25, -0.2) is 4.39 Å². The van der Waals surface area contributed by atoms with Crippen molar-refractivity contribution in [3.63, 3.8) is 0 Å². The molecule has 0 radical (unpaired) electrons. The van der Waals surface area contributed by atoms with E-state index in [1.54, 1.807) is 0 Å². The van der Waals surface area contributed by atoms with Crippen LogP contribution in [-0.4, -0.2) is 37.3 Å². The minimum atomic E-state index is -0.576. The maximum Gasteiger partial charge on any atom is 0.114 e. The van der Waals surface area contributed by atoms with Crippen LogP contribution in [0.4, 0.5) is 4.39 Å². The third kappa shape index (κ3) is 3.16. The second kappa shape index (κ2) is 4.67. The van der Waals surface area contributed by atoms with E-state index in [1.165, 1.54) is 0 Å². The van der Waals surface area contributed by atoms with E-state index in [1.807, 2.05) is 0 Å². The summed E-state index contributed by atoms with van der Waals surface area (Å²) in [6.45, 7) is 3.36. The molecule has 1 heterocycles. The summed E-state index contributed by atoms with van der Waals surface area (Å²) in [6, 6.07) is 0. The van der Waals surface area contributed by atoms with Gasteiger partial charge in [0.25, 0.3) is 0 Å². The Kier molecular flexibility index (Phi) is 3.80. The smallest absolute Gasteiger partial charge is 0.114 e. The van der Waals surface area contributed by atoms with Crippen LogP contribution in [0.25, 0.3) is 0 Å². The molecule has 0 aromatic heterocycles. The average Bonchev–Trinajstić information content (AvgIpc) is 2.37.